The minimum absolute atomic E-state index is 0.0249. The van der Waals surface area contributed by atoms with Crippen LogP contribution in [0, 0.1) is 20.8 Å². The number of carbonyl (C=O) groups is 1. The summed E-state index contributed by atoms with van der Waals surface area (Å²) < 4.78 is 1.84. The minimum atomic E-state index is -0.483. The van der Waals surface area contributed by atoms with E-state index in [-0.39, 0.29) is 11.0 Å². The number of aryl methyl sites for hydroxylation is 3. The van der Waals surface area contributed by atoms with Crippen LogP contribution in [0.2, 0.25) is 5.02 Å². The molecule has 0 fully saturated rings. The summed E-state index contributed by atoms with van der Waals surface area (Å²) in [4.78, 5) is 31.1. The number of benzene rings is 2. The minimum Gasteiger partial charge on any atom is -0.321 e. The van der Waals surface area contributed by atoms with E-state index in [1.54, 1.807) is 30.5 Å². The number of nitrogens with zero attached hydrogens (tertiary/aromatic N) is 2. The molecule has 6 heteroatoms. The van der Waals surface area contributed by atoms with Crippen molar-refractivity contribution in [3.8, 4) is 17.1 Å². The Labute approximate surface area is 191 Å². The Kier molecular flexibility index (Phi) is 5.93. The Balaban J connectivity index is 1.99. The average molecular weight is 444 g/mol. The predicted octanol–water partition coefficient (Wildman–Crippen LogP) is 5.73. The summed E-state index contributed by atoms with van der Waals surface area (Å²) in [5.41, 5.74) is 4.51. The molecule has 4 aromatic rings. The van der Waals surface area contributed by atoms with Gasteiger partial charge in [-0.25, -0.2) is 0 Å². The molecule has 0 aliphatic carbocycles. The molecule has 0 aliphatic rings. The first-order valence-electron chi connectivity index (χ1n) is 10.2. The van der Waals surface area contributed by atoms with Gasteiger partial charge in [0, 0.05) is 34.4 Å². The Bertz CT molecular complexity index is 1360. The maximum absolute atomic E-state index is 13.5. The summed E-state index contributed by atoms with van der Waals surface area (Å²) in [5, 5.41) is 3.50. The topological polar surface area (TPSA) is 64.0 Å². The molecule has 0 saturated heterocycles. The van der Waals surface area contributed by atoms with Crippen LogP contribution in [0.3, 0.4) is 0 Å². The van der Waals surface area contributed by atoms with Crippen LogP contribution >= 0.6 is 11.6 Å². The summed E-state index contributed by atoms with van der Waals surface area (Å²) in [7, 11) is 0. The number of aromatic nitrogens is 2. The number of hydrogen-bond acceptors (Lipinski definition) is 3. The summed E-state index contributed by atoms with van der Waals surface area (Å²) in [6, 6.07) is 19.9. The van der Waals surface area contributed by atoms with Gasteiger partial charge in [0.1, 0.15) is 5.56 Å². The number of para-hydroxylation sites is 1. The molecule has 5 nitrogen and oxygen atoms in total. The second-order valence-corrected chi connectivity index (χ2v) is 8.06. The van der Waals surface area contributed by atoms with Crippen molar-refractivity contribution < 1.29 is 4.79 Å². The van der Waals surface area contributed by atoms with Gasteiger partial charge in [0.15, 0.2) is 5.43 Å². The molecule has 2 aromatic heterocycles. The van der Waals surface area contributed by atoms with Crippen LogP contribution in [0.15, 0.2) is 77.7 Å². The normalized spacial score (nSPS) is 10.8. The molecular weight excluding hydrogens is 422 g/mol. The van der Waals surface area contributed by atoms with Crippen LogP contribution < -0.4 is 10.7 Å². The van der Waals surface area contributed by atoms with E-state index >= 15 is 0 Å². The second-order valence-electron chi connectivity index (χ2n) is 7.62. The molecule has 4 rings (SSSR count). The number of halogens is 1. The number of hydrogen-bond donors (Lipinski definition) is 1. The van der Waals surface area contributed by atoms with E-state index in [1.807, 2.05) is 61.7 Å². The predicted molar refractivity (Wildman–Crippen MR) is 129 cm³/mol. The van der Waals surface area contributed by atoms with Gasteiger partial charge in [-0.3, -0.25) is 14.6 Å². The molecule has 1 N–H and O–H groups in total. The summed E-state index contributed by atoms with van der Waals surface area (Å²) >= 11 is 6.25. The molecule has 0 bridgehead atoms. The lowest BCUT2D eigenvalue weighted by molar-refractivity contribution is 0.102. The molecule has 1 amide bonds. The zero-order valence-corrected chi connectivity index (χ0v) is 18.8. The maximum atomic E-state index is 13.5. The molecule has 0 radical (unpaired) electrons. The molecule has 0 unspecified atom stereocenters. The van der Waals surface area contributed by atoms with Crippen molar-refractivity contribution in [2.24, 2.45) is 0 Å². The molecule has 0 saturated carbocycles. The van der Waals surface area contributed by atoms with Crippen molar-refractivity contribution >= 4 is 23.2 Å². The molecule has 2 aromatic carbocycles. The van der Waals surface area contributed by atoms with E-state index in [0.717, 1.165) is 16.8 Å². The van der Waals surface area contributed by atoms with Crippen LogP contribution in [0.1, 0.15) is 27.2 Å². The Morgan fingerprint density at radius 1 is 0.938 bits per heavy atom. The zero-order chi connectivity index (χ0) is 22.8. The fourth-order valence-corrected chi connectivity index (χ4v) is 4.02. The molecule has 2 heterocycles. The Morgan fingerprint density at radius 2 is 1.66 bits per heavy atom. The van der Waals surface area contributed by atoms with Crippen LogP contribution in [0.25, 0.3) is 17.1 Å². The lowest BCUT2D eigenvalue weighted by Crippen LogP contribution is -2.27. The van der Waals surface area contributed by atoms with Gasteiger partial charge in [0.25, 0.3) is 5.91 Å². The van der Waals surface area contributed by atoms with Gasteiger partial charge in [-0.2, -0.15) is 0 Å². The first-order valence-corrected chi connectivity index (χ1v) is 10.6. The fraction of sp³-hybridized carbons (Fsp3) is 0.115. The highest BCUT2D eigenvalue weighted by Gasteiger charge is 2.24. The van der Waals surface area contributed by atoms with Gasteiger partial charge < -0.3 is 9.88 Å². The third-order valence-corrected chi connectivity index (χ3v) is 5.56. The number of pyridine rings is 2. The summed E-state index contributed by atoms with van der Waals surface area (Å²) in [5.74, 6) is -0.483. The molecule has 0 atom stereocenters. The maximum Gasteiger partial charge on any atom is 0.261 e. The third kappa shape index (κ3) is 4.07. The molecule has 160 valence electrons. The fourth-order valence-electron chi connectivity index (χ4n) is 3.83. The van der Waals surface area contributed by atoms with Crippen LogP contribution in [0.4, 0.5) is 5.69 Å². The number of anilines is 1. The van der Waals surface area contributed by atoms with Crippen molar-refractivity contribution in [2.75, 3.05) is 5.32 Å². The standard InChI is InChI=1S/C26H22ClN3O2/c1-16-8-6-9-17(2)24(16)29-26(32)23-22(31)14-18(3)30(20-11-7-10-19(27)15-20)25(23)21-12-4-5-13-28-21/h4-15H,1-3H3,(H,29,32). The Hall–Kier alpha value is -3.70. The lowest BCUT2D eigenvalue weighted by atomic mass is 10.0. The van der Waals surface area contributed by atoms with Gasteiger partial charge in [-0.05, 0) is 62.2 Å². The SMILES string of the molecule is Cc1cccc(C)c1NC(=O)c1c(-c2ccccn2)n(-c2cccc(Cl)c2)c(C)cc1=O. The van der Waals surface area contributed by atoms with Crippen LogP contribution in [-0.2, 0) is 0 Å². The summed E-state index contributed by atoms with van der Waals surface area (Å²) in [6.07, 6.45) is 1.64. The van der Waals surface area contributed by atoms with E-state index in [4.69, 9.17) is 11.6 Å². The van der Waals surface area contributed by atoms with Gasteiger partial charge in [0.2, 0.25) is 0 Å². The van der Waals surface area contributed by atoms with Crippen molar-refractivity contribution in [1.29, 1.82) is 0 Å². The van der Waals surface area contributed by atoms with Gasteiger partial charge in [-0.1, -0.05) is 41.9 Å². The lowest BCUT2D eigenvalue weighted by Gasteiger charge is -2.20. The highest BCUT2D eigenvalue weighted by molar-refractivity contribution is 6.30. The van der Waals surface area contributed by atoms with Crippen LogP contribution in [-0.4, -0.2) is 15.5 Å². The molecule has 0 aliphatic heterocycles. The quantitative estimate of drug-likeness (QED) is 0.438. The van der Waals surface area contributed by atoms with Gasteiger partial charge in [0.05, 0.1) is 11.4 Å². The molecule has 32 heavy (non-hydrogen) atoms. The zero-order valence-electron chi connectivity index (χ0n) is 18.0. The van der Waals surface area contributed by atoms with Crippen molar-refractivity contribution in [2.45, 2.75) is 20.8 Å². The van der Waals surface area contributed by atoms with Gasteiger partial charge >= 0.3 is 0 Å². The van der Waals surface area contributed by atoms with E-state index in [9.17, 15) is 9.59 Å². The van der Waals surface area contributed by atoms with Crippen molar-refractivity contribution in [3.63, 3.8) is 0 Å². The van der Waals surface area contributed by atoms with Crippen molar-refractivity contribution in [3.05, 3.63) is 111 Å². The first-order chi connectivity index (χ1) is 15.4. The number of rotatable bonds is 4. The van der Waals surface area contributed by atoms with E-state index in [2.05, 4.69) is 10.3 Å². The van der Waals surface area contributed by atoms with E-state index < -0.39 is 5.91 Å². The van der Waals surface area contributed by atoms with Gasteiger partial charge in [-0.15, -0.1) is 0 Å². The number of carbonyl (C=O) groups excluding carboxylic acids is 1. The number of nitrogens with one attached hydrogen (secondary N) is 1. The summed E-state index contributed by atoms with van der Waals surface area (Å²) in [6.45, 7) is 5.66. The molecule has 0 spiro atoms. The molecular formula is C26H22ClN3O2. The second kappa shape index (κ2) is 8.81. The Morgan fingerprint density at radius 3 is 2.31 bits per heavy atom. The average Bonchev–Trinajstić information content (AvgIpc) is 2.76. The largest absolute Gasteiger partial charge is 0.321 e. The first kappa shape index (κ1) is 21.5. The third-order valence-electron chi connectivity index (χ3n) is 5.32. The highest BCUT2D eigenvalue weighted by atomic mass is 35.5. The van der Waals surface area contributed by atoms with E-state index in [0.29, 0.717) is 27.8 Å². The van der Waals surface area contributed by atoms with Crippen molar-refractivity contribution in [1.82, 2.24) is 9.55 Å². The monoisotopic (exact) mass is 443 g/mol. The van der Waals surface area contributed by atoms with Crippen LogP contribution in [0.5, 0.6) is 0 Å². The van der Waals surface area contributed by atoms with E-state index in [1.165, 1.54) is 6.07 Å². The smallest absolute Gasteiger partial charge is 0.261 e. The number of amides is 1. The highest BCUT2D eigenvalue weighted by Crippen LogP contribution is 2.28.